The van der Waals surface area contributed by atoms with E-state index >= 15 is 0 Å². The Bertz CT molecular complexity index is 1220. The van der Waals surface area contributed by atoms with Crippen molar-refractivity contribution < 1.29 is 4.79 Å². The highest BCUT2D eigenvalue weighted by molar-refractivity contribution is 5.92. The number of piperazine rings is 1. The monoisotopic (exact) mass is 437 g/mol. The van der Waals surface area contributed by atoms with Gasteiger partial charge in [0.05, 0.1) is 17.4 Å². The molecule has 0 unspecified atom stereocenters. The molecule has 1 aliphatic heterocycles. The van der Waals surface area contributed by atoms with Crippen molar-refractivity contribution in [2.45, 2.75) is 26.4 Å². The molecule has 1 fully saturated rings. The van der Waals surface area contributed by atoms with Gasteiger partial charge in [0.15, 0.2) is 5.52 Å². The summed E-state index contributed by atoms with van der Waals surface area (Å²) in [6.45, 7) is 6.35. The minimum absolute atomic E-state index is 0.198. The second-order valence-corrected chi connectivity index (χ2v) is 7.87. The van der Waals surface area contributed by atoms with Gasteiger partial charge in [0.1, 0.15) is 5.69 Å². The van der Waals surface area contributed by atoms with Crippen LogP contribution >= 0.6 is 0 Å². The summed E-state index contributed by atoms with van der Waals surface area (Å²) >= 11 is 0. The molecule has 1 amide bonds. The van der Waals surface area contributed by atoms with Crippen LogP contribution in [0.5, 0.6) is 0 Å². The summed E-state index contributed by atoms with van der Waals surface area (Å²) in [4.78, 5) is 52.3. The van der Waals surface area contributed by atoms with Crippen LogP contribution in [0.2, 0.25) is 0 Å². The third-order valence-electron chi connectivity index (χ3n) is 5.68. The SMILES string of the molecule is CCCn1c(=O)[nH]c2cc(CN3CCN(c4ccc(C(=O)NC)nc4)CC3)cnc2c1=O. The summed E-state index contributed by atoms with van der Waals surface area (Å²) in [6, 6.07) is 5.49. The van der Waals surface area contributed by atoms with Crippen molar-refractivity contribution in [3.63, 3.8) is 0 Å². The average molecular weight is 438 g/mol. The molecule has 3 aromatic heterocycles. The van der Waals surface area contributed by atoms with Crippen molar-refractivity contribution in [3.8, 4) is 0 Å². The van der Waals surface area contributed by atoms with Crippen LogP contribution in [0.1, 0.15) is 29.4 Å². The smallest absolute Gasteiger partial charge is 0.328 e. The van der Waals surface area contributed by atoms with Crippen molar-refractivity contribution in [2.75, 3.05) is 38.1 Å². The molecular formula is C22H27N7O3. The first-order valence-electron chi connectivity index (χ1n) is 10.8. The predicted octanol–water partition coefficient (Wildman–Crippen LogP) is 0.572. The largest absolute Gasteiger partial charge is 0.368 e. The minimum atomic E-state index is -0.395. The molecule has 4 heterocycles. The molecule has 0 bridgehead atoms. The Morgan fingerprint density at radius 3 is 2.56 bits per heavy atom. The molecule has 3 aromatic rings. The van der Waals surface area contributed by atoms with Gasteiger partial charge in [-0.25, -0.2) is 14.8 Å². The van der Waals surface area contributed by atoms with Crippen molar-refractivity contribution in [1.29, 1.82) is 0 Å². The molecule has 0 atom stereocenters. The lowest BCUT2D eigenvalue weighted by atomic mass is 10.2. The molecule has 10 heteroatoms. The highest BCUT2D eigenvalue weighted by atomic mass is 16.2. The third-order valence-corrected chi connectivity index (χ3v) is 5.68. The molecule has 2 N–H and O–H groups in total. The van der Waals surface area contributed by atoms with Crippen LogP contribution in [0.25, 0.3) is 11.0 Å². The molecule has 168 valence electrons. The number of pyridine rings is 2. The molecule has 0 radical (unpaired) electrons. The maximum atomic E-state index is 12.5. The molecule has 0 saturated carbocycles. The number of fused-ring (bicyclic) bond motifs is 1. The van der Waals surface area contributed by atoms with Crippen LogP contribution in [-0.4, -0.2) is 63.6 Å². The maximum absolute atomic E-state index is 12.5. The van der Waals surface area contributed by atoms with Gasteiger partial charge in [-0.3, -0.25) is 19.1 Å². The van der Waals surface area contributed by atoms with Crippen molar-refractivity contribution in [2.24, 2.45) is 0 Å². The minimum Gasteiger partial charge on any atom is -0.368 e. The Morgan fingerprint density at radius 2 is 1.91 bits per heavy atom. The fraction of sp³-hybridized carbons (Fsp3) is 0.409. The standard InChI is InChI=1S/C22H27N7O3/c1-3-6-29-21(31)19-18(26-22(29)32)11-15(12-25-19)14-27-7-9-28(10-8-27)16-4-5-17(24-13-16)20(30)23-2/h4-5,11-13H,3,6-10,14H2,1-2H3,(H,23,30)(H,26,32). The fourth-order valence-corrected chi connectivity index (χ4v) is 3.95. The molecular weight excluding hydrogens is 410 g/mol. The normalized spacial score (nSPS) is 14.6. The molecule has 32 heavy (non-hydrogen) atoms. The molecule has 4 rings (SSSR count). The van der Waals surface area contributed by atoms with E-state index in [2.05, 4.69) is 30.1 Å². The highest BCUT2D eigenvalue weighted by Crippen LogP contribution is 2.17. The summed E-state index contributed by atoms with van der Waals surface area (Å²) in [5, 5.41) is 2.57. The quantitative estimate of drug-likeness (QED) is 0.579. The van der Waals surface area contributed by atoms with E-state index in [1.54, 1.807) is 25.5 Å². The van der Waals surface area contributed by atoms with Gasteiger partial charge < -0.3 is 15.2 Å². The number of carbonyl (C=O) groups is 1. The van der Waals surface area contributed by atoms with Crippen LogP contribution in [0, 0.1) is 0 Å². The number of H-pyrrole nitrogens is 1. The van der Waals surface area contributed by atoms with E-state index < -0.39 is 5.69 Å². The van der Waals surface area contributed by atoms with Crippen LogP contribution in [0.15, 0.2) is 40.2 Å². The van der Waals surface area contributed by atoms with E-state index in [4.69, 9.17) is 0 Å². The van der Waals surface area contributed by atoms with E-state index in [9.17, 15) is 14.4 Å². The first-order chi connectivity index (χ1) is 15.5. The molecule has 0 aliphatic carbocycles. The van der Waals surface area contributed by atoms with E-state index in [0.29, 0.717) is 36.2 Å². The Hall–Kier alpha value is -3.53. The van der Waals surface area contributed by atoms with Gasteiger partial charge in [-0.2, -0.15) is 0 Å². The van der Waals surface area contributed by atoms with Gasteiger partial charge in [0, 0.05) is 52.5 Å². The number of hydrogen-bond acceptors (Lipinski definition) is 7. The maximum Gasteiger partial charge on any atom is 0.328 e. The lowest BCUT2D eigenvalue weighted by Gasteiger charge is -2.36. The van der Waals surface area contributed by atoms with Crippen LogP contribution in [0.3, 0.4) is 0 Å². The zero-order chi connectivity index (χ0) is 22.7. The summed E-state index contributed by atoms with van der Waals surface area (Å²) in [7, 11) is 1.59. The molecule has 0 spiro atoms. The molecule has 10 nitrogen and oxygen atoms in total. The fourth-order valence-electron chi connectivity index (χ4n) is 3.95. The van der Waals surface area contributed by atoms with Crippen molar-refractivity contribution >= 4 is 22.6 Å². The number of amides is 1. The number of aromatic amines is 1. The zero-order valence-electron chi connectivity index (χ0n) is 18.3. The van der Waals surface area contributed by atoms with E-state index in [0.717, 1.165) is 37.4 Å². The van der Waals surface area contributed by atoms with Crippen LogP contribution in [-0.2, 0) is 13.1 Å². The number of nitrogens with one attached hydrogen (secondary N) is 2. The lowest BCUT2D eigenvalue weighted by Crippen LogP contribution is -2.46. The van der Waals surface area contributed by atoms with E-state index in [1.807, 2.05) is 19.1 Å². The number of hydrogen-bond donors (Lipinski definition) is 2. The highest BCUT2D eigenvalue weighted by Gasteiger charge is 2.19. The second kappa shape index (κ2) is 9.31. The lowest BCUT2D eigenvalue weighted by molar-refractivity contribution is 0.0958. The zero-order valence-corrected chi connectivity index (χ0v) is 18.3. The Kier molecular flexibility index (Phi) is 6.31. The van der Waals surface area contributed by atoms with Gasteiger partial charge in [0.25, 0.3) is 11.5 Å². The first-order valence-corrected chi connectivity index (χ1v) is 10.8. The van der Waals surface area contributed by atoms with Gasteiger partial charge in [-0.15, -0.1) is 0 Å². The molecule has 0 aromatic carbocycles. The third kappa shape index (κ3) is 4.40. The summed E-state index contributed by atoms with van der Waals surface area (Å²) in [5.74, 6) is -0.198. The number of anilines is 1. The van der Waals surface area contributed by atoms with E-state index in [1.165, 1.54) is 4.57 Å². The Morgan fingerprint density at radius 1 is 1.12 bits per heavy atom. The second-order valence-electron chi connectivity index (χ2n) is 7.87. The van der Waals surface area contributed by atoms with Crippen LogP contribution in [0.4, 0.5) is 5.69 Å². The van der Waals surface area contributed by atoms with Crippen molar-refractivity contribution in [3.05, 3.63) is 62.7 Å². The molecule has 1 saturated heterocycles. The number of aromatic nitrogens is 4. The summed E-state index contributed by atoms with van der Waals surface area (Å²) in [6.07, 6.45) is 4.15. The van der Waals surface area contributed by atoms with Gasteiger partial charge >= 0.3 is 5.69 Å². The number of carbonyl (C=O) groups excluding carboxylic acids is 1. The predicted molar refractivity (Wildman–Crippen MR) is 122 cm³/mol. The Labute approximate surface area is 184 Å². The van der Waals surface area contributed by atoms with Crippen LogP contribution < -0.4 is 21.5 Å². The Balaban J connectivity index is 1.41. The van der Waals surface area contributed by atoms with Gasteiger partial charge in [-0.05, 0) is 30.2 Å². The van der Waals surface area contributed by atoms with Gasteiger partial charge in [0.2, 0.25) is 0 Å². The number of rotatable bonds is 6. The molecule has 1 aliphatic rings. The average Bonchev–Trinajstić information content (AvgIpc) is 2.82. The topological polar surface area (TPSA) is 116 Å². The first kappa shape index (κ1) is 21.7. The summed E-state index contributed by atoms with van der Waals surface area (Å²) < 4.78 is 1.20. The van der Waals surface area contributed by atoms with E-state index in [-0.39, 0.29) is 11.5 Å². The van der Waals surface area contributed by atoms with Crippen molar-refractivity contribution in [1.82, 2.24) is 29.7 Å². The number of nitrogens with zero attached hydrogens (tertiary/aromatic N) is 5. The van der Waals surface area contributed by atoms with Gasteiger partial charge in [-0.1, -0.05) is 6.92 Å². The summed E-state index contributed by atoms with van der Waals surface area (Å²) in [5.41, 5.74) is 2.37.